The molecule has 2 atom stereocenters. The molecule has 2 aromatic rings. The molecule has 0 radical (unpaired) electrons. The van der Waals surface area contributed by atoms with Gasteiger partial charge in [0.15, 0.2) is 0 Å². The molecule has 1 N–H and O–H groups in total. The van der Waals surface area contributed by atoms with E-state index in [9.17, 15) is 9.90 Å². The Morgan fingerprint density at radius 2 is 2.00 bits per heavy atom. The van der Waals surface area contributed by atoms with E-state index in [0.717, 1.165) is 49.3 Å². The lowest BCUT2D eigenvalue weighted by Crippen LogP contribution is -2.45. The lowest BCUT2D eigenvalue weighted by Gasteiger charge is -2.40. The summed E-state index contributed by atoms with van der Waals surface area (Å²) in [6.45, 7) is 9.78. The van der Waals surface area contributed by atoms with Crippen LogP contribution in [-0.4, -0.2) is 45.2 Å². The molecule has 0 spiro atoms. The molecule has 26 heavy (non-hydrogen) atoms. The highest BCUT2D eigenvalue weighted by Crippen LogP contribution is 2.31. The molecule has 1 aliphatic rings. The zero-order valence-corrected chi connectivity index (χ0v) is 16.4. The maximum absolute atomic E-state index is 11.3. The van der Waals surface area contributed by atoms with Crippen molar-refractivity contribution in [2.24, 2.45) is 24.3 Å². The number of fused-ring (bicyclic) bond motifs is 1. The number of carbonyl (C=O) groups is 1. The molecule has 0 bridgehead atoms. The van der Waals surface area contributed by atoms with Crippen LogP contribution in [-0.2, 0) is 18.3 Å². The summed E-state index contributed by atoms with van der Waals surface area (Å²) in [5.74, 6) is 0.930. The number of nitrogens with zero attached hydrogens (tertiary/aromatic N) is 3. The van der Waals surface area contributed by atoms with Crippen LogP contribution >= 0.6 is 0 Å². The number of likely N-dealkylation sites (tertiary alicyclic amines) is 1. The molecule has 1 aromatic carbocycles. The van der Waals surface area contributed by atoms with Gasteiger partial charge in [0.1, 0.15) is 5.82 Å². The number of hydrogen-bond donors (Lipinski definition) is 1. The SMILES string of the molecule is Cn1c(C[C@H]2CN(CC(C)(C)C)CC[C@H]2CC(=O)O)nc2ccccc21. The number of aryl methyl sites for hydroxylation is 1. The van der Waals surface area contributed by atoms with Crippen molar-refractivity contribution in [3.63, 3.8) is 0 Å². The van der Waals surface area contributed by atoms with Gasteiger partial charge >= 0.3 is 5.97 Å². The molecular formula is C21H31N3O2. The van der Waals surface area contributed by atoms with Crippen LogP contribution in [0.1, 0.15) is 39.4 Å². The molecule has 3 rings (SSSR count). The fourth-order valence-electron chi connectivity index (χ4n) is 4.31. The first-order valence-corrected chi connectivity index (χ1v) is 9.57. The predicted molar refractivity (Wildman–Crippen MR) is 104 cm³/mol. The number of carboxylic acids is 1. The maximum atomic E-state index is 11.3. The third-order valence-corrected chi connectivity index (χ3v) is 5.43. The van der Waals surface area contributed by atoms with Crippen molar-refractivity contribution < 1.29 is 9.90 Å². The van der Waals surface area contributed by atoms with Gasteiger partial charge in [0.2, 0.25) is 0 Å². The summed E-state index contributed by atoms with van der Waals surface area (Å²) in [6, 6.07) is 8.18. The summed E-state index contributed by atoms with van der Waals surface area (Å²) in [7, 11) is 2.06. The lowest BCUT2D eigenvalue weighted by molar-refractivity contribution is -0.139. The largest absolute Gasteiger partial charge is 0.481 e. The Morgan fingerprint density at radius 3 is 2.65 bits per heavy atom. The van der Waals surface area contributed by atoms with Crippen molar-refractivity contribution in [2.75, 3.05) is 19.6 Å². The van der Waals surface area contributed by atoms with E-state index in [1.807, 2.05) is 18.2 Å². The van der Waals surface area contributed by atoms with Gasteiger partial charge in [0.05, 0.1) is 11.0 Å². The lowest BCUT2D eigenvalue weighted by atomic mass is 9.80. The summed E-state index contributed by atoms with van der Waals surface area (Å²) in [4.78, 5) is 18.7. The summed E-state index contributed by atoms with van der Waals surface area (Å²) in [6.07, 6.45) is 2.05. The van der Waals surface area contributed by atoms with Crippen molar-refractivity contribution >= 4 is 17.0 Å². The van der Waals surface area contributed by atoms with Crippen molar-refractivity contribution in [2.45, 2.75) is 40.0 Å². The molecule has 1 saturated heterocycles. The second kappa shape index (κ2) is 7.39. The molecule has 0 amide bonds. The smallest absolute Gasteiger partial charge is 0.303 e. The highest BCUT2D eigenvalue weighted by Gasteiger charge is 2.33. The highest BCUT2D eigenvalue weighted by molar-refractivity contribution is 5.75. The first-order valence-electron chi connectivity index (χ1n) is 9.57. The van der Waals surface area contributed by atoms with Gasteiger partial charge in [-0.1, -0.05) is 32.9 Å². The van der Waals surface area contributed by atoms with E-state index in [2.05, 4.69) is 43.4 Å². The first-order chi connectivity index (χ1) is 12.2. The van der Waals surface area contributed by atoms with Crippen molar-refractivity contribution in [1.29, 1.82) is 0 Å². The predicted octanol–water partition coefficient (Wildman–Crippen LogP) is 3.57. The Balaban J connectivity index is 1.81. The molecular weight excluding hydrogens is 326 g/mol. The monoisotopic (exact) mass is 357 g/mol. The van der Waals surface area contributed by atoms with E-state index in [1.165, 1.54) is 0 Å². The standard InChI is InChI=1S/C21H31N3O2/c1-21(2,3)14-24-10-9-15(12-20(25)26)16(13-24)11-19-22-17-7-5-6-8-18(17)23(19)4/h5-8,15-16H,9-14H2,1-4H3,(H,25,26)/t15-,16-/m0/s1. The van der Waals surface area contributed by atoms with Crippen LogP contribution in [0.15, 0.2) is 24.3 Å². The summed E-state index contributed by atoms with van der Waals surface area (Å²) in [5, 5.41) is 9.34. The molecule has 0 unspecified atom stereocenters. The maximum Gasteiger partial charge on any atom is 0.303 e. The van der Waals surface area contributed by atoms with Gasteiger partial charge in [-0.2, -0.15) is 0 Å². The fraction of sp³-hybridized carbons (Fsp3) is 0.619. The van der Waals surface area contributed by atoms with E-state index in [4.69, 9.17) is 4.98 Å². The number of piperidine rings is 1. The van der Waals surface area contributed by atoms with E-state index in [-0.39, 0.29) is 17.8 Å². The Morgan fingerprint density at radius 1 is 1.27 bits per heavy atom. The molecule has 0 saturated carbocycles. The van der Waals surface area contributed by atoms with Gasteiger partial charge in [-0.25, -0.2) is 4.98 Å². The average molecular weight is 357 g/mol. The minimum atomic E-state index is -0.686. The number of hydrogen-bond acceptors (Lipinski definition) is 3. The van der Waals surface area contributed by atoms with Gasteiger partial charge in [0, 0.05) is 33.0 Å². The fourth-order valence-corrected chi connectivity index (χ4v) is 4.31. The third kappa shape index (κ3) is 4.44. The summed E-state index contributed by atoms with van der Waals surface area (Å²) in [5.41, 5.74) is 2.41. The van der Waals surface area contributed by atoms with Crippen LogP contribution in [0.3, 0.4) is 0 Å². The Kier molecular flexibility index (Phi) is 5.37. The first kappa shape index (κ1) is 18.9. The van der Waals surface area contributed by atoms with E-state index < -0.39 is 5.97 Å². The zero-order valence-electron chi connectivity index (χ0n) is 16.4. The van der Waals surface area contributed by atoms with Gasteiger partial charge in [0.25, 0.3) is 0 Å². The topological polar surface area (TPSA) is 58.4 Å². The van der Waals surface area contributed by atoms with Crippen LogP contribution in [0.5, 0.6) is 0 Å². The molecule has 1 aliphatic heterocycles. The van der Waals surface area contributed by atoms with Crippen molar-refractivity contribution in [3.8, 4) is 0 Å². The van der Waals surface area contributed by atoms with E-state index in [0.29, 0.717) is 5.92 Å². The van der Waals surface area contributed by atoms with Crippen LogP contribution in [0.25, 0.3) is 11.0 Å². The van der Waals surface area contributed by atoms with Crippen molar-refractivity contribution in [1.82, 2.24) is 14.5 Å². The minimum Gasteiger partial charge on any atom is -0.481 e. The highest BCUT2D eigenvalue weighted by atomic mass is 16.4. The number of imidazole rings is 1. The summed E-state index contributed by atoms with van der Waals surface area (Å²) < 4.78 is 2.16. The number of benzene rings is 1. The second-order valence-electron chi connectivity index (χ2n) is 8.98. The quantitative estimate of drug-likeness (QED) is 0.889. The van der Waals surface area contributed by atoms with Gasteiger partial charge in [-0.05, 0) is 42.3 Å². The molecule has 1 aromatic heterocycles. The summed E-state index contributed by atoms with van der Waals surface area (Å²) >= 11 is 0. The number of carboxylic acid groups (broad SMARTS) is 1. The van der Waals surface area contributed by atoms with E-state index in [1.54, 1.807) is 0 Å². The molecule has 2 heterocycles. The normalized spacial score (nSPS) is 22.0. The minimum absolute atomic E-state index is 0.225. The van der Waals surface area contributed by atoms with Crippen LogP contribution < -0.4 is 0 Å². The molecule has 142 valence electrons. The van der Waals surface area contributed by atoms with Crippen LogP contribution in [0.2, 0.25) is 0 Å². The second-order valence-corrected chi connectivity index (χ2v) is 8.98. The Bertz CT molecular complexity index is 775. The number of rotatable bonds is 5. The molecule has 5 nitrogen and oxygen atoms in total. The average Bonchev–Trinajstić information content (AvgIpc) is 2.85. The van der Waals surface area contributed by atoms with Crippen molar-refractivity contribution in [3.05, 3.63) is 30.1 Å². The molecule has 0 aliphatic carbocycles. The number of aromatic nitrogens is 2. The van der Waals surface area contributed by atoms with Gasteiger partial charge in [-0.15, -0.1) is 0 Å². The van der Waals surface area contributed by atoms with Crippen LogP contribution in [0, 0.1) is 17.3 Å². The van der Waals surface area contributed by atoms with Gasteiger partial charge < -0.3 is 14.6 Å². The third-order valence-electron chi connectivity index (χ3n) is 5.43. The van der Waals surface area contributed by atoms with Crippen LogP contribution in [0.4, 0.5) is 0 Å². The number of aliphatic carboxylic acids is 1. The number of para-hydroxylation sites is 2. The van der Waals surface area contributed by atoms with E-state index >= 15 is 0 Å². The molecule has 5 heteroatoms. The van der Waals surface area contributed by atoms with Gasteiger partial charge in [-0.3, -0.25) is 4.79 Å². The Hall–Kier alpha value is -1.88. The zero-order chi connectivity index (χ0) is 18.9. The molecule has 1 fully saturated rings. The Labute approximate surface area is 156 Å².